The molecule has 1 aliphatic rings. The highest BCUT2D eigenvalue weighted by atomic mass is 19.1. The van der Waals surface area contributed by atoms with Gasteiger partial charge in [-0.15, -0.1) is 0 Å². The molecular weight excluding hydrogens is 319 g/mol. The van der Waals surface area contributed by atoms with Crippen molar-refractivity contribution in [1.82, 2.24) is 0 Å². The van der Waals surface area contributed by atoms with Crippen molar-refractivity contribution < 1.29 is 14.0 Å². The molecule has 0 atom stereocenters. The number of carbonyl (C=O) groups is 2. The Morgan fingerprint density at radius 1 is 1.20 bits per heavy atom. The molecule has 2 aromatic carbocycles. The molecule has 1 heterocycles. The fraction of sp³-hybridized carbons (Fsp3) is 0.300. The molecule has 0 unspecified atom stereocenters. The number of rotatable bonds is 5. The first kappa shape index (κ1) is 17.1. The van der Waals surface area contributed by atoms with E-state index in [0.717, 1.165) is 24.1 Å². The molecule has 25 heavy (non-hydrogen) atoms. The first-order valence-electron chi connectivity index (χ1n) is 8.59. The van der Waals surface area contributed by atoms with E-state index in [9.17, 15) is 14.0 Å². The Labute approximate surface area is 146 Å². The van der Waals surface area contributed by atoms with Crippen LogP contribution >= 0.6 is 0 Å². The summed E-state index contributed by atoms with van der Waals surface area (Å²) >= 11 is 0. The summed E-state index contributed by atoms with van der Waals surface area (Å²) < 4.78 is 13.7. The second-order valence-electron chi connectivity index (χ2n) is 6.18. The van der Waals surface area contributed by atoms with E-state index in [1.165, 1.54) is 12.1 Å². The third kappa shape index (κ3) is 3.71. The summed E-state index contributed by atoms with van der Waals surface area (Å²) in [5.41, 5.74) is 2.56. The summed E-state index contributed by atoms with van der Waals surface area (Å²) in [5, 5.41) is 2.74. The lowest BCUT2D eigenvalue weighted by Crippen LogP contribution is -2.35. The van der Waals surface area contributed by atoms with Crippen LogP contribution in [0.3, 0.4) is 0 Å². The molecular formula is C20H21FN2O2. The van der Waals surface area contributed by atoms with Crippen LogP contribution in [0.2, 0.25) is 0 Å². The normalized spacial score (nSPS) is 13.5. The third-order valence-corrected chi connectivity index (χ3v) is 4.39. The van der Waals surface area contributed by atoms with Crippen LogP contribution in [0.4, 0.5) is 15.8 Å². The summed E-state index contributed by atoms with van der Waals surface area (Å²) in [6.07, 6.45) is 3.11. The number of benzene rings is 2. The van der Waals surface area contributed by atoms with E-state index in [-0.39, 0.29) is 11.5 Å². The van der Waals surface area contributed by atoms with Gasteiger partial charge >= 0.3 is 0 Å². The van der Waals surface area contributed by atoms with Crippen LogP contribution in [0, 0.1) is 5.82 Å². The Hall–Kier alpha value is -2.69. The Kier molecular flexibility index (Phi) is 5.12. The van der Waals surface area contributed by atoms with E-state index < -0.39 is 11.7 Å². The zero-order valence-electron chi connectivity index (χ0n) is 14.2. The predicted molar refractivity (Wildman–Crippen MR) is 96.4 cm³/mol. The monoisotopic (exact) mass is 340 g/mol. The van der Waals surface area contributed by atoms with Crippen LogP contribution < -0.4 is 10.2 Å². The van der Waals surface area contributed by atoms with Crippen LogP contribution in [-0.2, 0) is 11.2 Å². The molecule has 3 rings (SSSR count). The number of halogens is 1. The van der Waals surface area contributed by atoms with Crippen LogP contribution in [0.15, 0.2) is 42.5 Å². The van der Waals surface area contributed by atoms with Gasteiger partial charge in [0, 0.05) is 24.3 Å². The van der Waals surface area contributed by atoms with Gasteiger partial charge in [-0.2, -0.15) is 0 Å². The maximum atomic E-state index is 13.7. The smallest absolute Gasteiger partial charge is 0.258 e. The van der Waals surface area contributed by atoms with Gasteiger partial charge in [-0.1, -0.05) is 25.5 Å². The molecule has 2 aromatic rings. The zero-order chi connectivity index (χ0) is 17.8. The van der Waals surface area contributed by atoms with Gasteiger partial charge in [-0.25, -0.2) is 4.39 Å². The Balaban J connectivity index is 1.80. The van der Waals surface area contributed by atoms with Gasteiger partial charge in [-0.05, 0) is 48.7 Å². The largest absolute Gasteiger partial charge is 0.322 e. The molecule has 0 fully saturated rings. The highest BCUT2D eigenvalue weighted by Gasteiger charge is 2.24. The maximum Gasteiger partial charge on any atom is 0.258 e. The van der Waals surface area contributed by atoms with Crippen molar-refractivity contribution in [2.75, 3.05) is 16.8 Å². The van der Waals surface area contributed by atoms with Gasteiger partial charge in [0.15, 0.2) is 0 Å². The number of hydrogen-bond acceptors (Lipinski definition) is 2. The number of fused-ring (bicyclic) bond motifs is 1. The van der Waals surface area contributed by atoms with Gasteiger partial charge in [0.2, 0.25) is 5.91 Å². The van der Waals surface area contributed by atoms with Gasteiger partial charge in [-0.3, -0.25) is 9.59 Å². The van der Waals surface area contributed by atoms with Gasteiger partial charge < -0.3 is 10.2 Å². The van der Waals surface area contributed by atoms with E-state index in [2.05, 4.69) is 12.2 Å². The summed E-state index contributed by atoms with van der Waals surface area (Å²) in [7, 11) is 0. The molecule has 4 nitrogen and oxygen atoms in total. The van der Waals surface area contributed by atoms with Crippen molar-refractivity contribution in [2.45, 2.75) is 32.6 Å². The highest BCUT2D eigenvalue weighted by molar-refractivity contribution is 6.05. The SMILES string of the molecule is CCCCN1C(=O)CCc2cc(NC(=O)c3ccccc3F)ccc21. The Bertz CT molecular complexity index is 804. The molecule has 130 valence electrons. The summed E-state index contributed by atoms with van der Waals surface area (Å²) in [4.78, 5) is 26.2. The maximum absolute atomic E-state index is 13.7. The van der Waals surface area contributed by atoms with E-state index in [1.807, 2.05) is 17.0 Å². The molecule has 0 saturated heterocycles. The number of aryl methyl sites for hydroxylation is 1. The molecule has 1 aliphatic heterocycles. The minimum Gasteiger partial charge on any atom is -0.322 e. The molecule has 0 aliphatic carbocycles. The Morgan fingerprint density at radius 3 is 2.76 bits per heavy atom. The summed E-state index contributed by atoms with van der Waals surface area (Å²) in [6, 6.07) is 11.4. The number of hydrogen-bond donors (Lipinski definition) is 1. The van der Waals surface area contributed by atoms with Gasteiger partial charge in [0.1, 0.15) is 5.82 Å². The highest BCUT2D eigenvalue weighted by Crippen LogP contribution is 2.30. The number of nitrogens with zero attached hydrogens (tertiary/aromatic N) is 1. The van der Waals surface area contributed by atoms with E-state index >= 15 is 0 Å². The van der Waals surface area contributed by atoms with E-state index in [4.69, 9.17) is 0 Å². The standard InChI is InChI=1S/C20H21FN2O2/c1-2-3-12-23-18-10-9-15(13-14(18)8-11-19(23)24)22-20(25)16-6-4-5-7-17(16)21/h4-7,9-10,13H,2-3,8,11-12H2,1H3,(H,22,25). The lowest BCUT2D eigenvalue weighted by atomic mass is 10.00. The summed E-state index contributed by atoms with van der Waals surface area (Å²) in [5.74, 6) is -0.883. The Morgan fingerprint density at radius 2 is 2.00 bits per heavy atom. The quantitative estimate of drug-likeness (QED) is 0.888. The van der Waals surface area contributed by atoms with E-state index in [0.29, 0.717) is 25.1 Å². The lowest BCUT2D eigenvalue weighted by Gasteiger charge is -2.29. The summed E-state index contributed by atoms with van der Waals surface area (Å²) in [6.45, 7) is 2.81. The number of unbranched alkanes of at least 4 members (excludes halogenated alkanes) is 1. The predicted octanol–water partition coefficient (Wildman–Crippen LogP) is 4.16. The second-order valence-corrected chi connectivity index (χ2v) is 6.18. The van der Waals surface area contributed by atoms with Crippen molar-refractivity contribution >= 4 is 23.2 Å². The molecule has 0 radical (unpaired) electrons. The number of nitrogens with one attached hydrogen (secondary N) is 1. The molecule has 5 heteroatoms. The third-order valence-electron chi connectivity index (χ3n) is 4.39. The molecule has 0 spiro atoms. The van der Waals surface area contributed by atoms with Crippen molar-refractivity contribution in [1.29, 1.82) is 0 Å². The first-order valence-corrected chi connectivity index (χ1v) is 8.59. The van der Waals surface area contributed by atoms with Gasteiger partial charge in [0.25, 0.3) is 5.91 Å². The molecule has 1 N–H and O–H groups in total. The number of amides is 2. The fourth-order valence-corrected chi connectivity index (χ4v) is 3.04. The lowest BCUT2D eigenvalue weighted by molar-refractivity contribution is -0.118. The fourth-order valence-electron chi connectivity index (χ4n) is 3.04. The molecule has 2 amide bonds. The molecule has 0 aromatic heterocycles. The van der Waals surface area contributed by atoms with Crippen molar-refractivity contribution in [2.24, 2.45) is 0 Å². The van der Waals surface area contributed by atoms with Crippen LogP contribution in [-0.4, -0.2) is 18.4 Å². The van der Waals surface area contributed by atoms with Crippen molar-refractivity contribution in [3.05, 3.63) is 59.4 Å². The van der Waals surface area contributed by atoms with Crippen LogP contribution in [0.1, 0.15) is 42.1 Å². The average Bonchev–Trinajstić information content (AvgIpc) is 2.61. The van der Waals surface area contributed by atoms with E-state index in [1.54, 1.807) is 18.2 Å². The van der Waals surface area contributed by atoms with Crippen LogP contribution in [0.25, 0.3) is 0 Å². The van der Waals surface area contributed by atoms with Crippen molar-refractivity contribution in [3.8, 4) is 0 Å². The zero-order valence-corrected chi connectivity index (χ0v) is 14.2. The number of carbonyl (C=O) groups excluding carboxylic acids is 2. The molecule has 0 bridgehead atoms. The second kappa shape index (κ2) is 7.47. The first-order chi connectivity index (χ1) is 12.1. The molecule has 0 saturated carbocycles. The van der Waals surface area contributed by atoms with Crippen molar-refractivity contribution in [3.63, 3.8) is 0 Å². The average molecular weight is 340 g/mol. The number of anilines is 2. The van der Waals surface area contributed by atoms with Gasteiger partial charge in [0.05, 0.1) is 5.56 Å². The topological polar surface area (TPSA) is 49.4 Å². The van der Waals surface area contributed by atoms with Crippen LogP contribution in [0.5, 0.6) is 0 Å². The minimum atomic E-state index is -0.547. The minimum absolute atomic E-state index is 0.0139.